The van der Waals surface area contributed by atoms with Crippen LogP contribution in [-0.2, 0) is 14.8 Å². The van der Waals surface area contributed by atoms with Gasteiger partial charge in [0.15, 0.2) is 0 Å². The standard InChI is InChI=1S/C12H14BrF2NO3S/c1-7-8(2-3-19-7)6-16-20(17,18)12-10(13)4-9(14)5-11(12)15/h4-5,7-8,16H,2-3,6H2,1H3. The maximum absolute atomic E-state index is 13.7. The molecule has 4 nitrogen and oxygen atoms in total. The molecule has 1 aliphatic rings. The summed E-state index contributed by atoms with van der Waals surface area (Å²) in [4.78, 5) is -0.578. The van der Waals surface area contributed by atoms with Crippen LogP contribution in [-0.4, -0.2) is 27.7 Å². The molecule has 0 saturated carbocycles. The van der Waals surface area contributed by atoms with Gasteiger partial charge in [-0.05, 0) is 35.3 Å². The maximum Gasteiger partial charge on any atom is 0.244 e. The summed E-state index contributed by atoms with van der Waals surface area (Å²) < 4.78 is 58.4. The number of sulfonamides is 1. The van der Waals surface area contributed by atoms with Gasteiger partial charge in [-0.3, -0.25) is 0 Å². The summed E-state index contributed by atoms with van der Waals surface area (Å²) in [6.07, 6.45) is 0.704. The van der Waals surface area contributed by atoms with Crippen molar-refractivity contribution in [1.82, 2.24) is 4.72 Å². The van der Waals surface area contributed by atoms with E-state index in [1.54, 1.807) is 0 Å². The molecule has 1 N–H and O–H groups in total. The van der Waals surface area contributed by atoms with Gasteiger partial charge in [0.05, 0.1) is 6.10 Å². The van der Waals surface area contributed by atoms with Crippen molar-refractivity contribution in [2.75, 3.05) is 13.2 Å². The lowest BCUT2D eigenvalue weighted by atomic mass is 10.0. The van der Waals surface area contributed by atoms with Crippen molar-refractivity contribution in [1.29, 1.82) is 0 Å². The Morgan fingerprint density at radius 3 is 2.70 bits per heavy atom. The van der Waals surface area contributed by atoms with Gasteiger partial charge in [0.1, 0.15) is 16.5 Å². The van der Waals surface area contributed by atoms with Gasteiger partial charge in [-0.1, -0.05) is 0 Å². The van der Waals surface area contributed by atoms with Crippen molar-refractivity contribution >= 4 is 26.0 Å². The SMILES string of the molecule is CC1OCCC1CNS(=O)(=O)c1c(F)cc(F)cc1Br. The zero-order valence-corrected chi connectivity index (χ0v) is 13.1. The lowest BCUT2D eigenvalue weighted by molar-refractivity contribution is 0.107. The van der Waals surface area contributed by atoms with Gasteiger partial charge in [-0.25, -0.2) is 21.9 Å². The Hall–Kier alpha value is -0.570. The fourth-order valence-corrected chi connectivity index (χ4v) is 4.38. The summed E-state index contributed by atoms with van der Waals surface area (Å²) in [5, 5.41) is 0. The number of hydrogen-bond acceptors (Lipinski definition) is 3. The molecule has 0 spiro atoms. The minimum Gasteiger partial charge on any atom is -0.378 e. The molecule has 8 heteroatoms. The number of hydrogen-bond donors (Lipinski definition) is 1. The molecule has 1 fully saturated rings. The average molecular weight is 370 g/mol. The van der Waals surface area contributed by atoms with Crippen LogP contribution in [0, 0.1) is 17.6 Å². The number of halogens is 3. The van der Waals surface area contributed by atoms with E-state index in [-0.39, 0.29) is 23.0 Å². The van der Waals surface area contributed by atoms with E-state index >= 15 is 0 Å². The zero-order chi connectivity index (χ0) is 14.9. The highest BCUT2D eigenvalue weighted by Crippen LogP contribution is 2.27. The summed E-state index contributed by atoms with van der Waals surface area (Å²) in [6.45, 7) is 2.61. The Morgan fingerprint density at radius 2 is 2.15 bits per heavy atom. The van der Waals surface area contributed by atoms with Crippen LogP contribution in [0.3, 0.4) is 0 Å². The molecule has 112 valence electrons. The van der Waals surface area contributed by atoms with Gasteiger partial charge in [-0.15, -0.1) is 0 Å². The topological polar surface area (TPSA) is 55.4 Å². The summed E-state index contributed by atoms with van der Waals surface area (Å²) in [7, 11) is -4.04. The summed E-state index contributed by atoms with van der Waals surface area (Å²) in [5.74, 6) is -1.92. The first-order chi connectivity index (χ1) is 9.31. The van der Waals surface area contributed by atoms with E-state index in [0.717, 1.165) is 12.5 Å². The highest BCUT2D eigenvalue weighted by Gasteiger charge is 2.28. The third-order valence-electron chi connectivity index (χ3n) is 3.30. The molecule has 1 aromatic rings. The fourth-order valence-electron chi connectivity index (χ4n) is 2.12. The van der Waals surface area contributed by atoms with Crippen LogP contribution in [0.1, 0.15) is 13.3 Å². The van der Waals surface area contributed by atoms with E-state index in [4.69, 9.17) is 4.74 Å². The quantitative estimate of drug-likeness (QED) is 0.886. The van der Waals surface area contributed by atoms with Gasteiger partial charge in [0.25, 0.3) is 0 Å². The van der Waals surface area contributed by atoms with Crippen LogP contribution >= 0.6 is 15.9 Å². The Kier molecular flexibility index (Phi) is 4.78. The van der Waals surface area contributed by atoms with Gasteiger partial charge < -0.3 is 4.74 Å². The van der Waals surface area contributed by atoms with Crippen molar-refractivity contribution in [2.24, 2.45) is 5.92 Å². The van der Waals surface area contributed by atoms with Crippen LogP contribution < -0.4 is 4.72 Å². The zero-order valence-electron chi connectivity index (χ0n) is 10.7. The van der Waals surface area contributed by atoms with E-state index in [0.29, 0.717) is 12.7 Å². The normalized spacial score (nSPS) is 23.2. The van der Waals surface area contributed by atoms with Gasteiger partial charge in [-0.2, -0.15) is 0 Å². The van der Waals surface area contributed by atoms with Crippen LogP contribution in [0.25, 0.3) is 0 Å². The lowest BCUT2D eigenvalue weighted by Crippen LogP contribution is -2.32. The third-order valence-corrected chi connectivity index (χ3v) is 5.69. The molecule has 0 amide bonds. The monoisotopic (exact) mass is 369 g/mol. The summed E-state index contributed by atoms with van der Waals surface area (Å²) >= 11 is 2.88. The molecule has 20 heavy (non-hydrogen) atoms. The Labute approximate surface area is 124 Å². The van der Waals surface area contributed by atoms with Gasteiger partial charge in [0, 0.05) is 29.6 Å². The molecule has 1 saturated heterocycles. The molecular formula is C12H14BrF2NO3S. The fraction of sp³-hybridized carbons (Fsp3) is 0.500. The number of rotatable bonds is 4. The second-order valence-corrected chi connectivity index (χ2v) is 7.23. The predicted octanol–water partition coefficient (Wildman–Crippen LogP) is 2.43. The maximum atomic E-state index is 13.7. The Balaban J connectivity index is 2.18. The number of nitrogens with one attached hydrogen (secondary N) is 1. The van der Waals surface area contributed by atoms with Crippen LogP contribution in [0.2, 0.25) is 0 Å². The van der Waals surface area contributed by atoms with Crippen LogP contribution in [0.15, 0.2) is 21.5 Å². The largest absolute Gasteiger partial charge is 0.378 e. The van der Waals surface area contributed by atoms with E-state index in [2.05, 4.69) is 20.7 Å². The molecule has 1 heterocycles. The van der Waals surface area contributed by atoms with Crippen LogP contribution in [0.4, 0.5) is 8.78 Å². The van der Waals surface area contributed by atoms with Crippen molar-refractivity contribution < 1.29 is 21.9 Å². The molecule has 0 bridgehead atoms. The molecule has 2 atom stereocenters. The van der Waals surface area contributed by atoms with E-state index in [1.165, 1.54) is 0 Å². The minimum atomic E-state index is -4.04. The van der Waals surface area contributed by atoms with Crippen LogP contribution in [0.5, 0.6) is 0 Å². The Bertz CT molecular complexity index is 586. The van der Waals surface area contributed by atoms with Crippen molar-refractivity contribution in [3.63, 3.8) is 0 Å². The first-order valence-corrected chi connectivity index (χ1v) is 8.34. The van der Waals surface area contributed by atoms with Crippen molar-refractivity contribution in [2.45, 2.75) is 24.3 Å². The van der Waals surface area contributed by atoms with E-state index in [1.807, 2.05) is 6.92 Å². The second kappa shape index (κ2) is 6.05. The minimum absolute atomic E-state index is 0.0424. The predicted molar refractivity (Wildman–Crippen MR) is 72.8 cm³/mol. The average Bonchev–Trinajstić information content (AvgIpc) is 2.70. The first kappa shape index (κ1) is 15.8. The van der Waals surface area contributed by atoms with Crippen molar-refractivity contribution in [3.8, 4) is 0 Å². The van der Waals surface area contributed by atoms with E-state index in [9.17, 15) is 17.2 Å². The number of benzene rings is 1. The molecule has 0 aliphatic carbocycles. The molecule has 1 aromatic carbocycles. The smallest absolute Gasteiger partial charge is 0.244 e. The molecule has 0 aromatic heterocycles. The summed E-state index contributed by atoms with van der Waals surface area (Å²) in [5.41, 5.74) is 0. The van der Waals surface area contributed by atoms with Gasteiger partial charge in [0.2, 0.25) is 10.0 Å². The third kappa shape index (κ3) is 3.36. The second-order valence-electron chi connectivity index (χ2n) is 4.68. The molecular weight excluding hydrogens is 356 g/mol. The van der Waals surface area contributed by atoms with E-state index < -0.39 is 26.6 Å². The lowest BCUT2D eigenvalue weighted by Gasteiger charge is -2.15. The molecule has 1 aliphatic heterocycles. The van der Waals surface area contributed by atoms with Gasteiger partial charge >= 0.3 is 0 Å². The number of ether oxygens (including phenoxy) is 1. The highest BCUT2D eigenvalue weighted by molar-refractivity contribution is 9.10. The Morgan fingerprint density at radius 1 is 1.45 bits per heavy atom. The van der Waals surface area contributed by atoms with Crippen molar-refractivity contribution in [3.05, 3.63) is 28.2 Å². The highest BCUT2D eigenvalue weighted by atomic mass is 79.9. The first-order valence-electron chi connectivity index (χ1n) is 6.07. The molecule has 2 rings (SSSR count). The molecule has 0 radical (unpaired) electrons. The summed E-state index contributed by atoms with van der Waals surface area (Å²) in [6, 6.07) is 1.46. The molecule has 2 unspecified atom stereocenters.